The number of carbonyl (C=O) groups excluding carboxylic acids is 1. The molecule has 1 heterocycles. The Morgan fingerprint density at radius 3 is 2.52 bits per heavy atom. The number of hydrogen-bond acceptors (Lipinski definition) is 2. The van der Waals surface area contributed by atoms with Crippen LogP contribution < -0.4 is 4.74 Å². The van der Waals surface area contributed by atoms with Crippen molar-refractivity contribution >= 4 is 17.5 Å². The van der Waals surface area contributed by atoms with Gasteiger partial charge in [-0.25, -0.2) is 0 Å². The average molecular weight is 310 g/mol. The molecule has 0 bridgehead atoms. The summed E-state index contributed by atoms with van der Waals surface area (Å²) in [6.07, 6.45) is 2.86. The Balaban J connectivity index is 2.08. The van der Waals surface area contributed by atoms with Gasteiger partial charge in [-0.05, 0) is 70.7 Å². The summed E-state index contributed by atoms with van der Waals surface area (Å²) in [5.41, 5.74) is 0.946. The fourth-order valence-electron chi connectivity index (χ4n) is 3.05. The number of benzene rings is 1. The Labute approximate surface area is 132 Å². The molecule has 4 heteroatoms. The maximum Gasteiger partial charge on any atom is 0.263 e. The van der Waals surface area contributed by atoms with Gasteiger partial charge in [0, 0.05) is 17.1 Å². The second-order valence-electron chi connectivity index (χ2n) is 6.04. The molecule has 21 heavy (non-hydrogen) atoms. The van der Waals surface area contributed by atoms with Gasteiger partial charge in [-0.1, -0.05) is 11.6 Å². The molecule has 1 aromatic carbocycles. The monoisotopic (exact) mass is 309 g/mol. The molecule has 1 aromatic rings. The van der Waals surface area contributed by atoms with Crippen LogP contribution in [-0.4, -0.2) is 29.0 Å². The van der Waals surface area contributed by atoms with E-state index in [9.17, 15) is 4.79 Å². The van der Waals surface area contributed by atoms with Crippen molar-refractivity contribution in [3.63, 3.8) is 0 Å². The van der Waals surface area contributed by atoms with Crippen molar-refractivity contribution in [3.8, 4) is 5.75 Å². The molecule has 0 unspecified atom stereocenters. The number of ether oxygens (including phenoxy) is 1. The lowest BCUT2D eigenvalue weighted by atomic mass is 9.97. The van der Waals surface area contributed by atoms with E-state index in [1.807, 2.05) is 30.9 Å². The van der Waals surface area contributed by atoms with Crippen molar-refractivity contribution in [1.29, 1.82) is 0 Å². The van der Waals surface area contributed by atoms with Gasteiger partial charge >= 0.3 is 0 Å². The molecule has 0 saturated carbocycles. The second kappa shape index (κ2) is 6.69. The minimum Gasteiger partial charge on any atom is -0.481 e. The first-order chi connectivity index (χ1) is 9.90. The molecular weight excluding hydrogens is 286 g/mol. The van der Waals surface area contributed by atoms with Crippen molar-refractivity contribution in [2.45, 2.75) is 65.1 Å². The van der Waals surface area contributed by atoms with Crippen molar-refractivity contribution in [2.75, 3.05) is 0 Å². The summed E-state index contributed by atoms with van der Waals surface area (Å²) in [7, 11) is 0. The number of rotatable bonds is 3. The Kier molecular flexibility index (Phi) is 5.15. The minimum atomic E-state index is -0.479. The van der Waals surface area contributed by atoms with Crippen LogP contribution >= 0.6 is 11.6 Å². The van der Waals surface area contributed by atoms with E-state index in [4.69, 9.17) is 16.3 Å². The number of amides is 1. The SMILES string of the molecule is Cc1cc(Cl)ccc1O[C@@H](C)C(=O)N1[C@@H](C)CCC[C@@H]1C. The van der Waals surface area contributed by atoms with Gasteiger partial charge in [0.15, 0.2) is 6.10 Å². The number of piperidine rings is 1. The molecule has 1 saturated heterocycles. The Morgan fingerprint density at radius 1 is 1.33 bits per heavy atom. The summed E-state index contributed by atoms with van der Waals surface area (Å²) in [5, 5.41) is 0.678. The number of hydrogen-bond donors (Lipinski definition) is 0. The number of aryl methyl sites for hydroxylation is 1. The molecule has 1 aliphatic rings. The van der Waals surface area contributed by atoms with Crippen LogP contribution in [-0.2, 0) is 4.79 Å². The summed E-state index contributed by atoms with van der Waals surface area (Å²) >= 11 is 5.95. The zero-order chi connectivity index (χ0) is 15.6. The number of nitrogens with zero attached hydrogens (tertiary/aromatic N) is 1. The first-order valence-corrected chi connectivity index (χ1v) is 8.03. The van der Waals surface area contributed by atoms with Gasteiger partial charge in [0.25, 0.3) is 5.91 Å². The summed E-state index contributed by atoms with van der Waals surface area (Å²) in [6.45, 7) is 8.00. The smallest absolute Gasteiger partial charge is 0.263 e. The van der Waals surface area contributed by atoms with Gasteiger partial charge in [-0.2, -0.15) is 0 Å². The quantitative estimate of drug-likeness (QED) is 0.837. The highest BCUT2D eigenvalue weighted by Gasteiger charge is 2.32. The van der Waals surface area contributed by atoms with E-state index >= 15 is 0 Å². The lowest BCUT2D eigenvalue weighted by Gasteiger charge is -2.40. The van der Waals surface area contributed by atoms with E-state index in [1.165, 1.54) is 6.42 Å². The van der Waals surface area contributed by atoms with Crippen molar-refractivity contribution in [1.82, 2.24) is 4.90 Å². The van der Waals surface area contributed by atoms with Crippen molar-refractivity contribution in [2.24, 2.45) is 0 Å². The molecule has 1 aliphatic heterocycles. The largest absolute Gasteiger partial charge is 0.481 e. The summed E-state index contributed by atoms with van der Waals surface area (Å²) < 4.78 is 5.86. The first-order valence-electron chi connectivity index (χ1n) is 7.65. The van der Waals surface area contributed by atoms with Gasteiger partial charge < -0.3 is 9.64 Å². The standard InChI is InChI=1S/C17H24ClNO2/c1-11-10-15(18)8-9-16(11)21-14(4)17(20)19-12(2)6-5-7-13(19)3/h8-10,12-14H,5-7H2,1-4H3/t12-,13-,14-/m0/s1. The highest BCUT2D eigenvalue weighted by Crippen LogP contribution is 2.26. The van der Waals surface area contributed by atoms with E-state index in [0.29, 0.717) is 17.1 Å². The van der Waals surface area contributed by atoms with Gasteiger partial charge in [0.2, 0.25) is 0 Å². The highest BCUT2D eigenvalue weighted by atomic mass is 35.5. The van der Waals surface area contributed by atoms with Crippen LogP contribution in [0.3, 0.4) is 0 Å². The topological polar surface area (TPSA) is 29.5 Å². The van der Waals surface area contributed by atoms with Crippen LogP contribution in [0.25, 0.3) is 0 Å². The number of carbonyl (C=O) groups is 1. The van der Waals surface area contributed by atoms with Gasteiger partial charge in [0.05, 0.1) is 0 Å². The minimum absolute atomic E-state index is 0.0732. The molecule has 0 radical (unpaired) electrons. The summed E-state index contributed by atoms with van der Waals surface area (Å²) in [5.74, 6) is 0.793. The van der Waals surface area contributed by atoms with Crippen LogP contribution in [0.15, 0.2) is 18.2 Å². The molecule has 116 valence electrons. The fraction of sp³-hybridized carbons (Fsp3) is 0.588. The van der Waals surface area contributed by atoms with Crippen LogP contribution in [0.2, 0.25) is 5.02 Å². The zero-order valence-corrected chi connectivity index (χ0v) is 14.0. The van der Waals surface area contributed by atoms with Crippen LogP contribution in [0.4, 0.5) is 0 Å². The third-order valence-corrected chi connectivity index (χ3v) is 4.47. The third kappa shape index (κ3) is 3.70. The fourth-order valence-corrected chi connectivity index (χ4v) is 3.28. The van der Waals surface area contributed by atoms with Crippen LogP contribution in [0, 0.1) is 6.92 Å². The lowest BCUT2D eigenvalue weighted by molar-refractivity contribution is -0.144. The van der Waals surface area contributed by atoms with Gasteiger partial charge in [-0.3, -0.25) is 4.79 Å². The lowest BCUT2D eigenvalue weighted by Crippen LogP contribution is -2.51. The molecule has 3 atom stereocenters. The maximum atomic E-state index is 12.7. The Hall–Kier alpha value is -1.22. The predicted octanol–water partition coefficient (Wildman–Crippen LogP) is 4.21. The van der Waals surface area contributed by atoms with Crippen LogP contribution in [0.1, 0.15) is 45.6 Å². The van der Waals surface area contributed by atoms with Crippen LogP contribution in [0.5, 0.6) is 5.75 Å². The van der Waals surface area contributed by atoms with E-state index in [-0.39, 0.29) is 5.91 Å². The van der Waals surface area contributed by atoms with E-state index in [2.05, 4.69) is 13.8 Å². The average Bonchev–Trinajstić information content (AvgIpc) is 2.41. The Bertz CT molecular complexity index is 508. The third-order valence-electron chi connectivity index (χ3n) is 4.24. The molecule has 1 amide bonds. The molecule has 0 N–H and O–H groups in total. The summed E-state index contributed by atoms with van der Waals surface area (Å²) in [6, 6.07) is 6.04. The number of halogens is 1. The highest BCUT2D eigenvalue weighted by molar-refractivity contribution is 6.30. The molecule has 0 aromatic heterocycles. The normalized spacial score (nSPS) is 23.8. The molecule has 3 nitrogen and oxygen atoms in total. The number of likely N-dealkylation sites (tertiary alicyclic amines) is 1. The van der Waals surface area contributed by atoms with E-state index < -0.39 is 6.10 Å². The van der Waals surface area contributed by atoms with Crippen molar-refractivity contribution < 1.29 is 9.53 Å². The zero-order valence-electron chi connectivity index (χ0n) is 13.2. The second-order valence-corrected chi connectivity index (χ2v) is 6.48. The maximum absolute atomic E-state index is 12.7. The molecule has 1 fully saturated rings. The summed E-state index contributed by atoms with van der Waals surface area (Å²) in [4.78, 5) is 14.7. The van der Waals surface area contributed by atoms with Gasteiger partial charge in [-0.15, -0.1) is 0 Å². The molecule has 0 spiro atoms. The van der Waals surface area contributed by atoms with Crippen molar-refractivity contribution in [3.05, 3.63) is 28.8 Å². The predicted molar refractivity (Wildman–Crippen MR) is 85.9 cm³/mol. The molecular formula is C17H24ClNO2. The Morgan fingerprint density at radius 2 is 1.95 bits per heavy atom. The molecule has 0 aliphatic carbocycles. The molecule has 2 rings (SSSR count). The van der Waals surface area contributed by atoms with E-state index in [0.717, 1.165) is 24.2 Å². The first kappa shape index (κ1) is 16.2. The van der Waals surface area contributed by atoms with Gasteiger partial charge in [0.1, 0.15) is 5.75 Å². The van der Waals surface area contributed by atoms with E-state index in [1.54, 1.807) is 6.07 Å².